The van der Waals surface area contributed by atoms with Gasteiger partial charge in [-0.2, -0.15) is 0 Å². The molecule has 0 spiro atoms. The number of amides is 1. The number of methoxy groups -OCH3 is 1. The zero-order chi connectivity index (χ0) is 18.2. The number of hydrogen-bond donors (Lipinski definition) is 1. The summed E-state index contributed by atoms with van der Waals surface area (Å²) in [5.74, 6) is -1.33. The minimum atomic E-state index is -0.692. The lowest BCUT2D eigenvalue weighted by atomic mass is 10.2. The molecule has 0 aliphatic rings. The Morgan fingerprint density at radius 1 is 1.20 bits per heavy atom. The Bertz CT molecular complexity index is 790. The van der Waals surface area contributed by atoms with Crippen LogP contribution in [0.25, 0.3) is 6.08 Å². The number of ether oxygens (including phenoxy) is 2. The molecule has 2 aromatic carbocycles. The molecule has 0 heterocycles. The lowest BCUT2D eigenvalue weighted by molar-refractivity contribution is -0.142. The van der Waals surface area contributed by atoms with Crippen LogP contribution >= 0.6 is 11.6 Å². The molecule has 0 saturated carbocycles. The minimum Gasteiger partial charge on any atom is -0.497 e. The average Bonchev–Trinajstić information content (AvgIpc) is 2.61. The third-order valence-corrected chi connectivity index (χ3v) is 3.31. The lowest BCUT2D eigenvalue weighted by Gasteiger charge is -2.06. The summed E-state index contributed by atoms with van der Waals surface area (Å²) in [5.41, 5.74) is 0.727. The van der Waals surface area contributed by atoms with Gasteiger partial charge in [0.1, 0.15) is 11.6 Å². The van der Waals surface area contributed by atoms with Gasteiger partial charge in [0.2, 0.25) is 0 Å². The maximum absolute atomic E-state index is 13.5. The molecule has 2 rings (SSSR count). The lowest BCUT2D eigenvalue weighted by Crippen LogP contribution is -2.20. The second-order valence-electron chi connectivity index (χ2n) is 4.89. The van der Waals surface area contributed by atoms with E-state index in [2.05, 4.69) is 5.32 Å². The second-order valence-corrected chi connectivity index (χ2v) is 5.32. The quantitative estimate of drug-likeness (QED) is 0.628. The van der Waals surface area contributed by atoms with E-state index in [4.69, 9.17) is 21.1 Å². The van der Waals surface area contributed by atoms with E-state index < -0.39 is 24.3 Å². The summed E-state index contributed by atoms with van der Waals surface area (Å²) < 4.78 is 23.4. The highest BCUT2D eigenvalue weighted by Crippen LogP contribution is 2.18. The fraction of sp³-hybridized carbons (Fsp3) is 0.111. The van der Waals surface area contributed by atoms with Gasteiger partial charge in [0.05, 0.1) is 12.8 Å². The number of benzene rings is 2. The first-order valence-corrected chi connectivity index (χ1v) is 7.59. The number of hydrogen-bond acceptors (Lipinski definition) is 4. The number of carbonyl (C=O) groups is 2. The van der Waals surface area contributed by atoms with Gasteiger partial charge in [-0.25, -0.2) is 9.18 Å². The van der Waals surface area contributed by atoms with Crippen LogP contribution in [0.15, 0.2) is 48.5 Å². The standard InChI is InChI=1S/C18H15ClFNO4/c1-24-14-6-2-12(3-7-14)4-9-18(23)25-11-17(22)21-16-8-5-13(19)10-15(16)20/h2-10H,11H2,1H3,(H,21,22)/b9-4+. The van der Waals surface area contributed by atoms with Gasteiger partial charge in [0, 0.05) is 11.1 Å². The Kier molecular flexibility index (Phi) is 6.54. The Hall–Kier alpha value is -2.86. The van der Waals surface area contributed by atoms with Crippen LogP contribution in [0.1, 0.15) is 5.56 Å². The van der Waals surface area contributed by atoms with Crippen molar-refractivity contribution in [2.45, 2.75) is 0 Å². The number of esters is 1. The van der Waals surface area contributed by atoms with Crippen molar-refractivity contribution in [2.24, 2.45) is 0 Å². The Morgan fingerprint density at radius 2 is 1.92 bits per heavy atom. The van der Waals surface area contributed by atoms with E-state index in [0.29, 0.717) is 5.75 Å². The average molecular weight is 364 g/mol. The molecule has 0 aliphatic heterocycles. The second kappa shape index (κ2) is 8.84. The predicted octanol–water partition coefficient (Wildman–Crippen LogP) is 3.68. The van der Waals surface area contributed by atoms with Crippen LogP contribution in [-0.4, -0.2) is 25.6 Å². The molecule has 0 aliphatic carbocycles. The molecule has 25 heavy (non-hydrogen) atoms. The first-order chi connectivity index (χ1) is 12.0. The summed E-state index contributed by atoms with van der Waals surface area (Å²) in [4.78, 5) is 23.3. The number of nitrogens with one attached hydrogen (secondary N) is 1. The van der Waals surface area contributed by atoms with Crippen LogP contribution in [0.4, 0.5) is 10.1 Å². The van der Waals surface area contributed by atoms with E-state index in [9.17, 15) is 14.0 Å². The molecule has 130 valence electrons. The van der Waals surface area contributed by atoms with E-state index in [1.165, 1.54) is 18.2 Å². The van der Waals surface area contributed by atoms with Crippen molar-refractivity contribution in [3.05, 3.63) is 64.9 Å². The highest BCUT2D eigenvalue weighted by molar-refractivity contribution is 6.30. The van der Waals surface area contributed by atoms with Crippen LogP contribution in [-0.2, 0) is 14.3 Å². The van der Waals surface area contributed by atoms with Gasteiger partial charge in [-0.15, -0.1) is 0 Å². The highest BCUT2D eigenvalue weighted by Gasteiger charge is 2.09. The van der Waals surface area contributed by atoms with Crippen molar-refractivity contribution >= 4 is 35.2 Å². The molecule has 7 heteroatoms. The summed E-state index contributed by atoms with van der Waals surface area (Å²) in [6.45, 7) is -0.534. The van der Waals surface area contributed by atoms with E-state index in [-0.39, 0.29) is 10.7 Å². The molecule has 0 bridgehead atoms. The Labute approximate surface area is 149 Å². The van der Waals surface area contributed by atoms with Crippen molar-refractivity contribution in [3.63, 3.8) is 0 Å². The van der Waals surface area contributed by atoms with E-state index in [1.54, 1.807) is 37.5 Å². The molecule has 0 fully saturated rings. The van der Waals surface area contributed by atoms with Gasteiger partial charge in [-0.3, -0.25) is 4.79 Å². The SMILES string of the molecule is COc1ccc(/C=C/C(=O)OCC(=O)Nc2ccc(Cl)cc2F)cc1. The van der Waals surface area contributed by atoms with Crippen molar-refractivity contribution in [1.82, 2.24) is 0 Å². The maximum atomic E-state index is 13.5. The van der Waals surface area contributed by atoms with Crippen LogP contribution < -0.4 is 10.1 Å². The molecular formula is C18H15ClFNO4. The third kappa shape index (κ3) is 5.93. The van der Waals surface area contributed by atoms with Crippen LogP contribution in [0.2, 0.25) is 5.02 Å². The van der Waals surface area contributed by atoms with Gasteiger partial charge >= 0.3 is 5.97 Å². The molecule has 1 N–H and O–H groups in total. The largest absolute Gasteiger partial charge is 0.497 e. The molecular weight excluding hydrogens is 349 g/mol. The monoisotopic (exact) mass is 363 g/mol. The van der Waals surface area contributed by atoms with Crippen molar-refractivity contribution < 1.29 is 23.5 Å². The zero-order valence-electron chi connectivity index (χ0n) is 13.3. The van der Waals surface area contributed by atoms with Crippen LogP contribution in [0.5, 0.6) is 5.75 Å². The molecule has 1 amide bonds. The molecule has 0 aromatic heterocycles. The number of carbonyl (C=O) groups excluding carboxylic acids is 2. The third-order valence-electron chi connectivity index (χ3n) is 3.08. The minimum absolute atomic E-state index is 0.0424. The zero-order valence-corrected chi connectivity index (χ0v) is 14.0. The smallest absolute Gasteiger partial charge is 0.331 e. The molecule has 0 atom stereocenters. The summed E-state index contributed by atoms with van der Waals surface area (Å²) in [6, 6.07) is 10.8. The number of halogens is 2. The fourth-order valence-corrected chi connectivity index (χ4v) is 2.00. The number of rotatable bonds is 6. The first-order valence-electron chi connectivity index (χ1n) is 7.22. The summed E-state index contributed by atoms with van der Waals surface area (Å²) in [5, 5.41) is 2.50. The molecule has 0 saturated heterocycles. The Morgan fingerprint density at radius 3 is 2.56 bits per heavy atom. The normalized spacial score (nSPS) is 10.5. The fourth-order valence-electron chi connectivity index (χ4n) is 1.84. The molecule has 2 aromatic rings. The predicted molar refractivity (Wildman–Crippen MR) is 93.0 cm³/mol. The summed E-state index contributed by atoms with van der Waals surface area (Å²) in [7, 11) is 1.56. The van der Waals surface area contributed by atoms with Crippen molar-refractivity contribution in [3.8, 4) is 5.75 Å². The maximum Gasteiger partial charge on any atom is 0.331 e. The van der Waals surface area contributed by atoms with E-state index >= 15 is 0 Å². The summed E-state index contributed by atoms with van der Waals surface area (Å²) >= 11 is 5.62. The van der Waals surface area contributed by atoms with E-state index in [0.717, 1.165) is 11.6 Å². The van der Waals surface area contributed by atoms with Crippen LogP contribution in [0, 0.1) is 5.82 Å². The van der Waals surface area contributed by atoms with Gasteiger partial charge in [-0.05, 0) is 42.0 Å². The molecule has 0 radical (unpaired) electrons. The number of anilines is 1. The molecule has 0 unspecified atom stereocenters. The summed E-state index contributed by atoms with van der Waals surface area (Å²) in [6.07, 6.45) is 2.73. The van der Waals surface area contributed by atoms with Crippen LogP contribution in [0.3, 0.4) is 0 Å². The Balaban J connectivity index is 1.82. The van der Waals surface area contributed by atoms with Gasteiger partial charge in [0.15, 0.2) is 6.61 Å². The topological polar surface area (TPSA) is 64.6 Å². The van der Waals surface area contributed by atoms with Gasteiger partial charge < -0.3 is 14.8 Å². The van der Waals surface area contributed by atoms with E-state index in [1.807, 2.05) is 0 Å². The van der Waals surface area contributed by atoms with Gasteiger partial charge in [-0.1, -0.05) is 23.7 Å². The van der Waals surface area contributed by atoms with Crippen molar-refractivity contribution in [2.75, 3.05) is 19.0 Å². The van der Waals surface area contributed by atoms with Crippen molar-refractivity contribution in [1.29, 1.82) is 0 Å². The highest BCUT2D eigenvalue weighted by atomic mass is 35.5. The first kappa shape index (κ1) is 18.5. The molecule has 5 nitrogen and oxygen atoms in total. The van der Waals surface area contributed by atoms with Gasteiger partial charge in [0.25, 0.3) is 5.91 Å².